The SMILES string of the molecule is Cc1nn(C)c(=O)c(C(=O)N2CCC(CCO)C2)c1C. The monoisotopic (exact) mass is 279 g/mol. The summed E-state index contributed by atoms with van der Waals surface area (Å²) in [5.41, 5.74) is 1.23. The minimum absolute atomic E-state index is 0.141. The maximum absolute atomic E-state index is 12.6. The molecule has 0 saturated carbocycles. The van der Waals surface area contributed by atoms with Gasteiger partial charge in [-0.05, 0) is 38.2 Å². The Morgan fingerprint density at radius 3 is 2.80 bits per heavy atom. The summed E-state index contributed by atoms with van der Waals surface area (Å²) in [7, 11) is 1.56. The van der Waals surface area contributed by atoms with Gasteiger partial charge in [-0.1, -0.05) is 0 Å². The van der Waals surface area contributed by atoms with Gasteiger partial charge in [0.05, 0.1) is 5.69 Å². The molecule has 1 aromatic rings. The largest absolute Gasteiger partial charge is 0.396 e. The summed E-state index contributed by atoms with van der Waals surface area (Å²) in [4.78, 5) is 26.4. The number of rotatable bonds is 3. The molecule has 6 nitrogen and oxygen atoms in total. The zero-order valence-corrected chi connectivity index (χ0v) is 12.2. The van der Waals surface area contributed by atoms with E-state index in [4.69, 9.17) is 5.11 Å². The van der Waals surface area contributed by atoms with Crippen LogP contribution in [0, 0.1) is 19.8 Å². The van der Waals surface area contributed by atoms with Gasteiger partial charge in [-0.15, -0.1) is 0 Å². The van der Waals surface area contributed by atoms with Crippen LogP contribution in [0.25, 0.3) is 0 Å². The van der Waals surface area contributed by atoms with E-state index < -0.39 is 0 Å². The van der Waals surface area contributed by atoms with Crippen LogP contribution in [0.3, 0.4) is 0 Å². The summed E-state index contributed by atoms with van der Waals surface area (Å²) in [5, 5.41) is 13.1. The molecule has 0 spiro atoms. The van der Waals surface area contributed by atoms with Crippen molar-refractivity contribution in [1.29, 1.82) is 0 Å². The lowest BCUT2D eigenvalue weighted by Crippen LogP contribution is -2.37. The minimum Gasteiger partial charge on any atom is -0.396 e. The van der Waals surface area contributed by atoms with Crippen molar-refractivity contribution in [3.05, 3.63) is 27.2 Å². The topological polar surface area (TPSA) is 75.4 Å². The third-order valence-corrected chi connectivity index (χ3v) is 4.05. The molecule has 1 unspecified atom stereocenters. The Labute approximate surface area is 118 Å². The highest BCUT2D eigenvalue weighted by Gasteiger charge is 2.29. The first-order valence-electron chi connectivity index (χ1n) is 6.90. The summed E-state index contributed by atoms with van der Waals surface area (Å²) >= 11 is 0. The Morgan fingerprint density at radius 2 is 2.15 bits per heavy atom. The number of aromatic nitrogens is 2. The molecule has 0 bridgehead atoms. The molecule has 110 valence electrons. The van der Waals surface area contributed by atoms with E-state index >= 15 is 0 Å². The van der Waals surface area contributed by atoms with Crippen molar-refractivity contribution in [3.8, 4) is 0 Å². The number of carbonyl (C=O) groups excluding carboxylic acids is 1. The van der Waals surface area contributed by atoms with Gasteiger partial charge in [-0.3, -0.25) is 9.59 Å². The van der Waals surface area contributed by atoms with E-state index in [2.05, 4.69) is 5.10 Å². The molecule has 1 aliphatic rings. The Bertz CT molecular complexity index is 580. The maximum Gasteiger partial charge on any atom is 0.279 e. The van der Waals surface area contributed by atoms with E-state index in [-0.39, 0.29) is 23.6 Å². The molecule has 0 radical (unpaired) electrons. The summed E-state index contributed by atoms with van der Waals surface area (Å²) in [6.07, 6.45) is 1.59. The Balaban J connectivity index is 2.29. The highest BCUT2D eigenvalue weighted by molar-refractivity contribution is 5.95. The lowest BCUT2D eigenvalue weighted by atomic mass is 10.1. The first-order chi connectivity index (χ1) is 9.45. The number of carbonyl (C=O) groups is 1. The second-order valence-corrected chi connectivity index (χ2v) is 5.43. The molecule has 6 heteroatoms. The number of hydrogen-bond donors (Lipinski definition) is 1. The fourth-order valence-electron chi connectivity index (χ4n) is 2.69. The lowest BCUT2D eigenvalue weighted by molar-refractivity contribution is 0.0781. The van der Waals surface area contributed by atoms with Crippen molar-refractivity contribution in [2.75, 3.05) is 19.7 Å². The molecule has 1 aromatic heterocycles. The van der Waals surface area contributed by atoms with Crippen LogP contribution >= 0.6 is 0 Å². The molecule has 2 heterocycles. The smallest absolute Gasteiger partial charge is 0.279 e. The van der Waals surface area contributed by atoms with E-state index in [1.54, 1.807) is 25.8 Å². The van der Waals surface area contributed by atoms with Crippen LogP contribution in [0.5, 0.6) is 0 Å². The van der Waals surface area contributed by atoms with Gasteiger partial charge in [0.25, 0.3) is 11.5 Å². The van der Waals surface area contributed by atoms with Crippen molar-refractivity contribution in [2.24, 2.45) is 13.0 Å². The minimum atomic E-state index is -0.344. The van der Waals surface area contributed by atoms with Gasteiger partial charge in [0.15, 0.2) is 0 Å². The van der Waals surface area contributed by atoms with E-state index in [1.807, 2.05) is 0 Å². The molecule has 2 rings (SSSR count). The van der Waals surface area contributed by atoms with Gasteiger partial charge in [0.2, 0.25) is 0 Å². The average molecular weight is 279 g/mol. The van der Waals surface area contributed by atoms with Crippen LogP contribution in [0.4, 0.5) is 0 Å². The Hall–Kier alpha value is -1.69. The van der Waals surface area contributed by atoms with Crippen LogP contribution in [-0.4, -0.2) is 45.4 Å². The molecule has 0 aliphatic carbocycles. The quantitative estimate of drug-likeness (QED) is 0.860. The fraction of sp³-hybridized carbons (Fsp3) is 0.643. The van der Waals surface area contributed by atoms with Crippen LogP contribution < -0.4 is 5.56 Å². The summed E-state index contributed by atoms with van der Waals surface area (Å²) in [5.74, 6) is 0.116. The number of aryl methyl sites for hydroxylation is 2. The highest BCUT2D eigenvalue weighted by Crippen LogP contribution is 2.21. The molecule has 20 heavy (non-hydrogen) atoms. The number of aliphatic hydroxyl groups excluding tert-OH is 1. The van der Waals surface area contributed by atoms with Gasteiger partial charge in [0, 0.05) is 26.7 Å². The van der Waals surface area contributed by atoms with Crippen molar-refractivity contribution in [2.45, 2.75) is 26.7 Å². The molecule has 1 atom stereocenters. The van der Waals surface area contributed by atoms with Gasteiger partial charge >= 0.3 is 0 Å². The average Bonchev–Trinajstić information content (AvgIpc) is 2.86. The predicted molar refractivity (Wildman–Crippen MR) is 74.7 cm³/mol. The van der Waals surface area contributed by atoms with Gasteiger partial charge < -0.3 is 10.0 Å². The molecular formula is C14H21N3O3. The fourth-order valence-corrected chi connectivity index (χ4v) is 2.69. The third-order valence-electron chi connectivity index (χ3n) is 4.05. The number of aliphatic hydroxyl groups is 1. The van der Waals surface area contributed by atoms with Crippen LogP contribution in [-0.2, 0) is 7.05 Å². The second kappa shape index (κ2) is 5.75. The zero-order valence-electron chi connectivity index (χ0n) is 12.2. The van der Waals surface area contributed by atoms with Crippen molar-refractivity contribution >= 4 is 5.91 Å². The van der Waals surface area contributed by atoms with E-state index in [0.717, 1.165) is 6.42 Å². The summed E-state index contributed by atoms with van der Waals surface area (Å²) in [6.45, 7) is 4.96. The standard InChI is InChI=1S/C14H21N3O3/c1-9-10(2)15-16(3)13(19)12(9)14(20)17-6-4-11(8-17)5-7-18/h11,18H,4-8H2,1-3H3. The maximum atomic E-state index is 12.6. The molecular weight excluding hydrogens is 258 g/mol. The number of amides is 1. The normalized spacial score (nSPS) is 18.6. The second-order valence-electron chi connectivity index (χ2n) is 5.43. The predicted octanol–water partition coefficient (Wildman–Crippen LogP) is 0.242. The lowest BCUT2D eigenvalue weighted by Gasteiger charge is -2.18. The van der Waals surface area contributed by atoms with Crippen LogP contribution in [0.2, 0.25) is 0 Å². The van der Waals surface area contributed by atoms with Gasteiger partial charge in [-0.25, -0.2) is 4.68 Å². The van der Waals surface area contributed by atoms with Crippen LogP contribution in [0.15, 0.2) is 4.79 Å². The molecule has 0 aromatic carbocycles. The number of likely N-dealkylation sites (tertiary alicyclic amines) is 1. The molecule has 1 aliphatic heterocycles. The molecule has 1 saturated heterocycles. The summed E-state index contributed by atoms with van der Waals surface area (Å²) in [6, 6.07) is 0. The molecule has 1 fully saturated rings. The number of nitrogens with zero attached hydrogens (tertiary/aromatic N) is 3. The Kier molecular flexibility index (Phi) is 4.23. The molecule has 1 amide bonds. The highest BCUT2D eigenvalue weighted by atomic mass is 16.3. The van der Waals surface area contributed by atoms with Gasteiger partial charge in [0.1, 0.15) is 5.56 Å². The zero-order chi connectivity index (χ0) is 14.9. The summed E-state index contributed by atoms with van der Waals surface area (Å²) < 4.78 is 1.22. The van der Waals surface area contributed by atoms with E-state index in [9.17, 15) is 9.59 Å². The number of hydrogen-bond acceptors (Lipinski definition) is 4. The molecule has 1 N–H and O–H groups in total. The van der Waals surface area contributed by atoms with E-state index in [1.165, 1.54) is 4.68 Å². The van der Waals surface area contributed by atoms with Gasteiger partial charge in [-0.2, -0.15) is 5.10 Å². The van der Waals surface area contributed by atoms with E-state index in [0.29, 0.717) is 36.7 Å². The van der Waals surface area contributed by atoms with Crippen molar-refractivity contribution < 1.29 is 9.90 Å². The van der Waals surface area contributed by atoms with Crippen molar-refractivity contribution in [3.63, 3.8) is 0 Å². The van der Waals surface area contributed by atoms with Crippen LogP contribution in [0.1, 0.15) is 34.5 Å². The van der Waals surface area contributed by atoms with Crippen molar-refractivity contribution in [1.82, 2.24) is 14.7 Å². The first kappa shape index (κ1) is 14.7. The third kappa shape index (κ3) is 2.60. The Morgan fingerprint density at radius 1 is 1.45 bits per heavy atom. The first-order valence-corrected chi connectivity index (χ1v) is 6.90.